The van der Waals surface area contributed by atoms with Crippen LogP contribution in [0.15, 0.2) is 30.3 Å². The van der Waals surface area contributed by atoms with Crippen LogP contribution in [0.5, 0.6) is 0 Å². The Hall–Kier alpha value is -1.04. The van der Waals surface area contributed by atoms with Gasteiger partial charge >= 0.3 is 0 Å². The Morgan fingerprint density at radius 1 is 1.00 bits per heavy atom. The van der Waals surface area contributed by atoms with Crippen LogP contribution < -0.4 is 0 Å². The molecule has 2 unspecified atom stereocenters. The molecule has 0 fully saturated rings. The molecule has 0 amide bonds. The highest BCUT2D eigenvalue weighted by atomic mass is 32.2. The van der Waals surface area contributed by atoms with Crippen molar-refractivity contribution >= 4 is 16.9 Å². The predicted molar refractivity (Wildman–Crippen MR) is 72.9 cm³/mol. The Morgan fingerprint density at radius 3 is 2.25 bits per heavy atom. The standard InChI is InChI=1S/C14H16F4OS/c15-11(6-7-12(16)13(17)18)8-9-20-14(19)10-4-2-1-3-5-10/h1-5,11-13H,6-9H2. The van der Waals surface area contributed by atoms with Crippen molar-refractivity contribution in [3.05, 3.63) is 35.9 Å². The number of benzene rings is 1. The van der Waals surface area contributed by atoms with Crippen molar-refractivity contribution in [1.82, 2.24) is 0 Å². The first-order valence-electron chi connectivity index (χ1n) is 6.29. The molecule has 6 heteroatoms. The summed E-state index contributed by atoms with van der Waals surface area (Å²) in [5.74, 6) is 0.251. The number of thioether (sulfide) groups is 1. The van der Waals surface area contributed by atoms with Gasteiger partial charge in [-0.1, -0.05) is 42.1 Å². The minimum Gasteiger partial charge on any atom is -0.282 e. The van der Waals surface area contributed by atoms with E-state index in [0.717, 1.165) is 11.8 Å². The van der Waals surface area contributed by atoms with Crippen molar-refractivity contribution in [1.29, 1.82) is 0 Å². The van der Waals surface area contributed by atoms with Crippen molar-refractivity contribution in [2.45, 2.75) is 38.0 Å². The number of hydrogen-bond acceptors (Lipinski definition) is 2. The Morgan fingerprint density at radius 2 is 1.65 bits per heavy atom. The van der Waals surface area contributed by atoms with Crippen LogP contribution >= 0.6 is 11.8 Å². The lowest BCUT2D eigenvalue weighted by Crippen LogP contribution is -2.14. The second-order valence-corrected chi connectivity index (χ2v) is 5.38. The van der Waals surface area contributed by atoms with Gasteiger partial charge in [0.1, 0.15) is 6.17 Å². The molecular weight excluding hydrogens is 292 g/mol. The molecule has 0 spiro atoms. The van der Waals surface area contributed by atoms with Gasteiger partial charge < -0.3 is 0 Å². The lowest BCUT2D eigenvalue weighted by atomic mass is 10.1. The summed E-state index contributed by atoms with van der Waals surface area (Å²) in [5, 5.41) is -0.159. The van der Waals surface area contributed by atoms with E-state index in [-0.39, 0.29) is 23.7 Å². The zero-order valence-corrected chi connectivity index (χ0v) is 11.6. The van der Waals surface area contributed by atoms with E-state index < -0.39 is 25.2 Å². The molecule has 112 valence electrons. The Bertz CT molecular complexity index is 399. The minimum absolute atomic E-state index is 0.0548. The molecule has 1 rings (SSSR count). The summed E-state index contributed by atoms with van der Waals surface area (Å²) in [4.78, 5) is 11.7. The van der Waals surface area contributed by atoms with E-state index in [0.29, 0.717) is 5.56 Å². The van der Waals surface area contributed by atoms with Crippen molar-refractivity contribution in [3.63, 3.8) is 0 Å². The van der Waals surface area contributed by atoms with Gasteiger partial charge in [0.25, 0.3) is 6.43 Å². The smallest absolute Gasteiger partial charge is 0.269 e. The fraction of sp³-hybridized carbons (Fsp3) is 0.500. The summed E-state index contributed by atoms with van der Waals surface area (Å²) >= 11 is 0.978. The zero-order chi connectivity index (χ0) is 15.0. The topological polar surface area (TPSA) is 17.1 Å². The maximum Gasteiger partial charge on any atom is 0.269 e. The van der Waals surface area contributed by atoms with E-state index >= 15 is 0 Å². The molecule has 0 saturated carbocycles. The lowest BCUT2D eigenvalue weighted by Gasteiger charge is -2.10. The largest absolute Gasteiger partial charge is 0.282 e. The van der Waals surface area contributed by atoms with Crippen LogP contribution in [0.1, 0.15) is 29.6 Å². The monoisotopic (exact) mass is 308 g/mol. The summed E-state index contributed by atoms with van der Waals surface area (Å²) in [6, 6.07) is 8.58. The molecular formula is C14H16F4OS. The average Bonchev–Trinajstić information content (AvgIpc) is 2.45. The maximum absolute atomic E-state index is 13.3. The summed E-state index contributed by atoms with van der Waals surface area (Å²) in [6.07, 6.45) is -7.37. The summed E-state index contributed by atoms with van der Waals surface area (Å²) in [5.41, 5.74) is 0.537. The molecule has 20 heavy (non-hydrogen) atoms. The third-order valence-electron chi connectivity index (χ3n) is 2.70. The van der Waals surface area contributed by atoms with E-state index in [9.17, 15) is 22.4 Å². The van der Waals surface area contributed by atoms with E-state index in [4.69, 9.17) is 0 Å². The van der Waals surface area contributed by atoms with Crippen LogP contribution in [-0.2, 0) is 0 Å². The SMILES string of the molecule is O=C(SCCC(F)CCC(F)C(F)F)c1ccccc1. The minimum atomic E-state index is -3.06. The van der Waals surface area contributed by atoms with E-state index in [1.54, 1.807) is 30.3 Å². The molecule has 0 aliphatic carbocycles. The van der Waals surface area contributed by atoms with Gasteiger partial charge in [0.15, 0.2) is 6.17 Å². The fourth-order valence-corrected chi connectivity index (χ4v) is 2.41. The molecule has 0 N–H and O–H groups in total. The summed E-state index contributed by atoms with van der Waals surface area (Å²) in [6.45, 7) is 0. The van der Waals surface area contributed by atoms with Gasteiger partial charge in [0.2, 0.25) is 5.12 Å². The number of hydrogen-bond donors (Lipinski definition) is 0. The van der Waals surface area contributed by atoms with E-state index in [1.165, 1.54) is 0 Å². The van der Waals surface area contributed by atoms with Gasteiger partial charge in [-0.3, -0.25) is 4.79 Å². The van der Waals surface area contributed by atoms with Crippen molar-refractivity contribution in [3.8, 4) is 0 Å². The van der Waals surface area contributed by atoms with E-state index in [1.807, 2.05) is 0 Å². The summed E-state index contributed by atoms with van der Waals surface area (Å²) < 4.78 is 49.7. The third-order valence-corrected chi connectivity index (χ3v) is 3.64. The first-order valence-corrected chi connectivity index (χ1v) is 7.27. The van der Waals surface area contributed by atoms with Crippen molar-refractivity contribution < 1.29 is 22.4 Å². The van der Waals surface area contributed by atoms with Crippen molar-refractivity contribution in [2.75, 3.05) is 5.75 Å². The molecule has 0 aliphatic heterocycles. The van der Waals surface area contributed by atoms with E-state index in [2.05, 4.69) is 0 Å². The molecule has 0 radical (unpaired) electrons. The van der Waals surface area contributed by atoms with Gasteiger partial charge in [-0.15, -0.1) is 0 Å². The highest BCUT2D eigenvalue weighted by Crippen LogP contribution is 2.19. The molecule has 0 bridgehead atoms. The normalized spacial score (nSPS) is 14.2. The van der Waals surface area contributed by atoms with Crippen LogP contribution in [-0.4, -0.2) is 29.6 Å². The van der Waals surface area contributed by atoms with Gasteiger partial charge in [-0.2, -0.15) is 0 Å². The molecule has 2 atom stereocenters. The molecule has 1 aromatic rings. The van der Waals surface area contributed by atoms with Gasteiger partial charge in [0.05, 0.1) is 0 Å². The first kappa shape index (κ1) is 17.0. The first-order chi connectivity index (χ1) is 9.50. The van der Waals surface area contributed by atoms with Crippen LogP contribution in [0.3, 0.4) is 0 Å². The molecule has 1 nitrogen and oxygen atoms in total. The van der Waals surface area contributed by atoms with Gasteiger partial charge in [-0.05, 0) is 19.3 Å². The second kappa shape index (κ2) is 9.00. The molecule has 0 aromatic heterocycles. The molecule has 1 aromatic carbocycles. The summed E-state index contributed by atoms with van der Waals surface area (Å²) in [7, 11) is 0. The number of carbonyl (C=O) groups is 1. The molecule has 0 saturated heterocycles. The predicted octanol–water partition coefficient (Wildman–Crippen LogP) is 4.67. The van der Waals surface area contributed by atoms with Crippen LogP contribution in [0.25, 0.3) is 0 Å². The van der Waals surface area contributed by atoms with Crippen LogP contribution in [0.4, 0.5) is 17.6 Å². The highest BCUT2D eigenvalue weighted by Gasteiger charge is 2.20. The lowest BCUT2D eigenvalue weighted by molar-refractivity contribution is 0.0405. The van der Waals surface area contributed by atoms with Crippen molar-refractivity contribution in [2.24, 2.45) is 0 Å². The highest BCUT2D eigenvalue weighted by molar-refractivity contribution is 8.14. The Balaban J connectivity index is 2.19. The fourth-order valence-electron chi connectivity index (χ4n) is 1.55. The Labute approximate surface area is 119 Å². The number of carbonyl (C=O) groups excluding carboxylic acids is 1. The Kier molecular flexibility index (Phi) is 7.65. The van der Waals surface area contributed by atoms with Gasteiger partial charge in [-0.25, -0.2) is 17.6 Å². The van der Waals surface area contributed by atoms with Gasteiger partial charge in [0, 0.05) is 11.3 Å². The average molecular weight is 308 g/mol. The maximum atomic E-state index is 13.3. The second-order valence-electron chi connectivity index (χ2n) is 4.32. The van der Waals surface area contributed by atoms with Crippen LogP contribution in [0, 0.1) is 0 Å². The number of rotatable bonds is 8. The molecule has 0 heterocycles. The number of halogens is 4. The zero-order valence-electron chi connectivity index (χ0n) is 10.8. The number of alkyl halides is 4. The quantitative estimate of drug-likeness (QED) is 0.649. The molecule has 0 aliphatic rings. The van der Waals surface area contributed by atoms with Crippen LogP contribution in [0.2, 0.25) is 0 Å². The third kappa shape index (κ3) is 6.41.